The zero-order valence-electron chi connectivity index (χ0n) is 18.2. The van der Waals surface area contributed by atoms with Crippen molar-refractivity contribution in [3.8, 4) is 11.5 Å². The van der Waals surface area contributed by atoms with E-state index in [9.17, 15) is 14.4 Å². The lowest BCUT2D eigenvalue weighted by atomic mass is 9.97. The molecule has 3 rings (SSSR count). The zero-order valence-corrected chi connectivity index (χ0v) is 19.0. The molecule has 1 heterocycles. The topological polar surface area (TPSA) is 94.5 Å². The van der Waals surface area contributed by atoms with E-state index < -0.39 is 5.97 Å². The number of esters is 1. The maximum absolute atomic E-state index is 12.9. The number of rotatable bonds is 9. The summed E-state index contributed by atoms with van der Waals surface area (Å²) in [6, 6.07) is 4.68. The minimum Gasteiger partial charge on any atom is -0.496 e. The molecule has 1 aliphatic carbocycles. The fourth-order valence-electron chi connectivity index (χ4n) is 3.43. The van der Waals surface area contributed by atoms with E-state index in [-0.39, 0.29) is 31.4 Å². The Bertz CT molecular complexity index is 1050. The molecule has 0 atom stereocenters. The van der Waals surface area contributed by atoms with E-state index in [1.54, 1.807) is 25.1 Å². The molecular weight excluding hydrogens is 432 g/mol. The third-order valence-corrected chi connectivity index (χ3v) is 5.16. The number of nitrogens with zero attached hydrogens (tertiary/aromatic N) is 2. The monoisotopic (exact) mass is 456 g/mol. The van der Waals surface area contributed by atoms with Crippen molar-refractivity contribution in [2.45, 2.75) is 13.3 Å². The molecule has 0 aromatic heterocycles. The Morgan fingerprint density at radius 1 is 1.28 bits per heavy atom. The Morgan fingerprint density at radius 3 is 2.81 bits per heavy atom. The van der Waals surface area contributed by atoms with Gasteiger partial charge in [0.05, 0.1) is 25.8 Å². The van der Waals surface area contributed by atoms with Gasteiger partial charge in [-0.1, -0.05) is 0 Å². The van der Waals surface area contributed by atoms with Gasteiger partial charge in [0.2, 0.25) is 0 Å². The Kier molecular flexibility index (Phi) is 7.92. The molecule has 0 N–H and O–H groups in total. The van der Waals surface area contributed by atoms with Crippen LogP contribution in [0.5, 0.6) is 11.5 Å². The summed E-state index contributed by atoms with van der Waals surface area (Å²) < 4.78 is 19.6. The van der Waals surface area contributed by atoms with Crippen LogP contribution in [-0.2, 0) is 14.3 Å². The van der Waals surface area contributed by atoms with Crippen molar-refractivity contribution in [3.63, 3.8) is 0 Å². The van der Waals surface area contributed by atoms with Crippen LogP contribution >= 0.6 is 11.9 Å². The van der Waals surface area contributed by atoms with Gasteiger partial charge in [-0.2, -0.15) is 4.40 Å². The Labute approximate surface area is 190 Å². The number of benzene rings is 1. The molecule has 1 aromatic rings. The number of allylic oxidation sites excluding steroid dienone is 2. The van der Waals surface area contributed by atoms with Crippen molar-refractivity contribution in [1.82, 2.24) is 4.90 Å². The summed E-state index contributed by atoms with van der Waals surface area (Å²) >= 11 is 1.32. The van der Waals surface area contributed by atoms with Gasteiger partial charge in [0, 0.05) is 36.4 Å². The summed E-state index contributed by atoms with van der Waals surface area (Å²) in [5.41, 5.74) is 2.82. The molecule has 0 saturated heterocycles. The van der Waals surface area contributed by atoms with Crippen LogP contribution in [0.25, 0.3) is 0 Å². The van der Waals surface area contributed by atoms with Gasteiger partial charge in [0.15, 0.2) is 12.4 Å². The van der Waals surface area contributed by atoms with Crippen molar-refractivity contribution >= 4 is 35.5 Å². The second-order valence-corrected chi connectivity index (χ2v) is 7.53. The van der Waals surface area contributed by atoms with Gasteiger partial charge in [0.25, 0.3) is 5.91 Å². The average molecular weight is 457 g/mol. The number of hydrogen-bond acceptors (Lipinski definition) is 8. The smallest absolute Gasteiger partial charge is 0.344 e. The third-order valence-electron chi connectivity index (χ3n) is 4.89. The number of amides is 1. The second kappa shape index (κ2) is 10.8. The van der Waals surface area contributed by atoms with E-state index in [1.807, 2.05) is 12.3 Å². The lowest BCUT2D eigenvalue weighted by molar-refractivity contribution is -0.145. The molecule has 1 aromatic carbocycles. The number of ketones is 1. The van der Waals surface area contributed by atoms with Crippen molar-refractivity contribution in [3.05, 3.63) is 52.6 Å². The maximum Gasteiger partial charge on any atom is 0.344 e. The van der Waals surface area contributed by atoms with Crippen LogP contribution in [-0.4, -0.2) is 68.1 Å². The van der Waals surface area contributed by atoms with Crippen molar-refractivity contribution in [1.29, 1.82) is 0 Å². The molecule has 0 fully saturated rings. The summed E-state index contributed by atoms with van der Waals surface area (Å²) in [6.45, 7) is 2.06. The lowest BCUT2D eigenvalue weighted by Crippen LogP contribution is -2.32. The predicted molar refractivity (Wildman–Crippen MR) is 121 cm³/mol. The molecule has 8 nitrogen and oxygen atoms in total. The number of ether oxygens (including phenoxy) is 3. The van der Waals surface area contributed by atoms with Crippen LogP contribution in [0.15, 0.2) is 51.5 Å². The van der Waals surface area contributed by atoms with Crippen LogP contribution < -0.4 is 9.47 Å². The lowest BCUT2D eigenvalue weighted by Gasteiger charge is -2.17. The van der Waals surface area contributed by atoms with Crippen molar-refractivity contribution < 1.29 is 28.6 Å². The second-order valence-electron chi connectivity index (χ2n) is 6.98. The molecule has 1 aliphatic heterocycles. The molecule has 0 radical (unpaired) electrons. The van der Waals surface area contributed by atoms with Crippen LogP contribution in [0.3, 0.4) is 0 Å². The fourth-order valence-corrected chi connectivity index (χ4v) is 3.63. The number of carbonyl (C=O) groups excluding carboxylic acids is 3. The summed E-state index contributed by atoms with van der Waals surface area (Å²) in [6.07, 6.45) is 6.03. The van der Waals surface area contributed by atoms with Gasteiger partial charge in [-0.25, -0.2) is 4.79 Å². The first-order chi connectivity index (χ1) is 15.5. The molecule has 0 unspecified atom stereocenters. The Hall–Kier alpha value is -3.29. The quantitative estimate of drug-likeness (QED) is 0.244. The first-order valence-electron chi connectivity index (χ1n) is 10.0. The highest BCUT2D eigenvalue weighted by atomic mass is 32.2. The van der Waals surface area contributed by atoms with E-state index >= 15 is 0 Å². The van der Waals surface area contributed by atoms with E-state index in [0.29, 0.717) is 35.6 Å². The zero-order chi connectivity index (χ0) is 23.1. The molecule has 32 heavy (non-hydrogen) atoms. The molecule has 0 bridgehead atoms. The first kappa shape index (κ1) is 23.4. The predicted octanol–water partition coefficient (Wildman–Crippen LogP) is 2.79. The molecule has 1 amide bonds. The maximum atomic E-state index is 12.9. The summed E-state index contributed by atoms with van der Waals surface area (Å²) in [5, 5.41) is 0. The molecule has 168 valence electrons. The summed E-state index contributed by atoms with van der Waals surface area (Å²) in [5.74, 6) is 2.73. The van der Waals surface area contributed by atoms with Crippen molar-refractivity contribution in [2.24, 2.45) is 4.40 Å². The van der Waals surface area contributed by atoms with Crippen LogP contribution in [0.4, 0.5) is 0 Å². The standard InChI is InChI=1S/C23H24N2O6S/c1-4-30-22(27)14-31-17-6-8-19(21(10-17)29-2)20(26)13-25-12-16-9-15(11-24-32-3)5-7-18(16)23(25)28/h5-8,10H,4,9,12-14H2,1-3H3. The van der Waals surface area contributed by atoms with Gasteiger partial charge >= 0.3 is 5.97 Å². The number of carbonyl (C=O) groups is 3. The Morgan fingerprint density at radius 2 is 2.09 bits per heavy atom. The van der Waals surface area contributed by atoms with E-state index in [2.05, 4.69) is 10.3 Å². The number of methoxy groups -OCH3 is 1. The molecule has 9 heteroatoms. The highest BCUT2D eigenvalue weighted by Crippen LogP contribution is 2.31. The molecule has 2 aliphatic rings. The van der Waals surface area contributed by atoms with Crippen LogP contribution in [0.1, 0.15) is 23.7 Å². The number of hydrogen-bond donors (Lipinski definition) is 0. The minimum atomic E-state index is -0.484. The normalized spacial score (nSPS) is 14.8. The van der Waals surface area contributed by atoms with E-state index in [0.717, 1.165) is 11.1 Å². The van der Waals surface area contributed by atoms with Crippen molar-refractivity contribution in [2.75, 3.05) is 39.7 Å². The van der Waals surface area contributed by atoms with Crippen LogP contribution in [0.2, 0.25) is 0 Å². The largest absolute Gasteiger partial charge is 0.496 e. The van der Waals surface area contributed by atoms with E-state index in [1.165, 1.54) is 30.0 Å². The highest BCUT2D eigenvalue weighted by molar-refractivity contribution is 7.97. The SMILES string of the molecule is CCOC(=O)COc1ccc(C(=O)CN2CC3=C(C=CC(=C=NSC)C3)C2=O)c(OC)c1. The summed E-state index contributed by atoms with van der Waals surface area (Å²) in [4.78, 5) is 38.7. The minimum absolute atomic E-state index is 0.0724. The van der Waals surface area contributed by atoms with Gasteiger partial charge in [-0.3, -0.25) is 9.59 Å². The first-order valence-corrected chi connectivity index (χ1v) is 11.2. The van der Waals surface area contributed by atoms with E-state index in [4.69, 9.17) is 14.2 Å². The van der Waals surface area contributed by atoms with Crippen LogP contribution in [0, 0.1) is 0 Å². The number of Topliss-reactive ketones (excluding diaryl/α,β-unsaturated/α-hetero) is 1. The molecule has 0 saturated carbocycles. The molecule has 0 spiro atoms. The average Bonchev–Trinajstić information content (AvgIpc) is 3.10. The van der Waals surface area contributed by atoms with Gasteiger partial charge in [0.1, 0.15) is 11.5 Å². The molecular formula is C23H24N2O6S. The highest BCUT2D eigenvalue weighted by Gasteiger charge is 2.32. The third kappa shape index (κ3) is 5.49. The fraction of sp³-hybridized carbons (Fsp3) is 0.348. The summed E-state index contributed by atoms with van der Waals surface area (Å²) in [7, 11) is 1.44. The van der Waals surface area contributed by atoms with Gasteiger partial charge in [-0.05, 0) is 54.6 Å². The Balaban J connectivity index is 1.66. The van der Waals surface area contributed by atoms with Gasteiger partial charge in [-0.15, -0.1) is 0 Å². The van der Waals surface area contributed by atoms with Gasteiger partial charge < -0.3 is 19.1 Å².